The molecule has 0 bridgehead atoms. The first-order chi connectivity index (χ1) is 33.3. The number of aryl methyl sites for hydroxylation is 2. The number of hydrogen-bond donors (Lipinski definition) is 7. The van der Waals surface area contributed by atoms with E-state index in [1.165, 1.54) is 45.9 Å². The maximum atomic E-state index is 14.1. The highest BCUT2D eigenvalue weighted by molar-refractivity contribution is 6.04. The minimum Gasteiger partial charge on any atom is -0.481 e. The average Bonchev–Trinajstić information content (AvgIpc) is 3.93. The Labute approximate surface area is 404 Å². The molecule has 0 spiro atoms. The number of carboxylic acid groups (broad SMARTS) is 1. The number of carboxylic acids is 1. The van der Waals surface area contributed by atoms with E-state index < -0.39 is 59.5 Å². The summed E-state index contributed by atoms with van der Waals surface area (Å²) in [4.78, 5) is 125. The van der Waals surface area contributed by atoms with Crippen LogP contribution >= 0.6 is 0 Å². The van der Waals surface area contributed by atoms with Crippen molar-refractivity contribution in [3.63, 3.8) is 0 Å². The molecule has 16 heteroatoms. The summed E-state index contributed by atoms with van der Waals surface area (Å²) in [5.41, 5.74) is 4.41. The summed E-state index contributed by atoms with van der Waals surface area (Å²) in [7, 11) is 0. The summed E-state index contributed by atoms with van der Waals surface area (Å²) in [6, 6.07) is 20.2. The molecule has 0 aliphatic rings. The number of benzene rings is 4. The fraction of sp³-hybridized carbons (Fsp3) is 0.315. The summed E-state index contributed by atoms with van der Waals surface area (Å²) < 4.78 is 0. The lowest BCUT2D eigenvalue weighted by molar-refractivity contribution is -0.137. The first-order valence-corrected chi connectivity index (χ1v) is 23.1. The van der Waals surface area contributed by atoms with Crippen LogP contribution < -0.4 is 21.3 Å². The number of carbonyl (C=O) groups is 9. The van der Waals surface area contributed by atoms with Gasteiger partial charge in [-0.25, -0.2) is 0 Å². The number of hydrogen-bond acceptors (Lipinski definition) is 9. The first kappa shape index (κ1) is 51.4. The second-order valence-corrected chi connectivity index (χ2v) is 18.1. The zero-order chi connectivity index (χ0) is 50.8. The Morgan fingerprint density at radius 2 is 0.871 bits per heavy atom. The van der Waals surface area contributed by atoms with Gasteiger partial charge in [-0.05, 0) is 124 Å². The molecule has 6 rings (SSSR count). The number of aromatic nitrogens is 2. The summed E-state index contributed by atoms with van der Waals surface area (Å²) in [6.07, 6.45) is 3.65. The van der Waals surface area contributed by atoms with Crippen molar-refractivity contribution in [3.05, 3.63) is 142 Å². The molecule has 0 aliphatic heterocycles. The van der Waals surface area contributed by atoms with E-state index >= 15 is 0 Å². The van der Waals surface area contributed by atoms with Gasteiger partial charge in [0.1, 0.15) is 0 Å². The third kappa shape index (κ3) is 13.2. The van der Waals surface area contributed by atoms with Crippen molar-refractivity contribution in [1.29, 1.82) is 0 Å². The van der Waals surface area contributed by atoms with Crippen LogP contribution in [0.5, 0.6) is 0 Å². The van der Waals surface area contributed by atoms with Crippen molar-refractivity contribution < 1.29 is 48.3 Å². The molecule has 0 fully saturated rings. The van der Waals surface area contributed by atoms with E-state index in [1.54, 1.807) is 44.4 Å². The lowest BCUT2D eigenvalue weighted by atomic mass is 9.95. The molecule has 16 nitrogen and oxygen atoms in total. The van der Waals surface area contributed by atoms with Gasteiger partial charge in [0.2, 0.25) is 0 Å². The van der Waals surface area contributed by atoms with Crippen LogP contribution in [0.25, 0.3) is 21.8 Å². The number of fused-ring (bicyclic) bond motifs is 2. The third-order valence-electron chi connectivity index (χ3n) is 12.4. The average molecular weight is 951 g/mol. The minimum absolute atomic E-state index is 0.0142. The van der Waals surface area contributed by atoms with Gasteiger partial charge in [-0.2, -0.15) is 0 Å². The molecule has 0 radical (unpaired) electrons. The molecule has 0 saturated carbocycles. The Kier molecular flexibility index (Phi) is 16.8. The Balaban J connectivity index is 1.33. The second-order valence-electron chi connectivity index (χ2n) is 18.1. The molecule has 0 saturated heterocycles. The van der Waals surface area contributed by atoms with Gasteiger partial charge in [-0.15, -0.1) is 0 Å². The van der Waals surface area contributed by atoms with Gasteiger partial charge in [-0.3, -0.25) is 43.2 Å². The van der Waals surface area contributed by atoms with Gasteiger partial charge in [0.05, 0.1) is 24.2 Å². The van der Waals surface area contributed by atoms with E-state index in [1.807, 2.05) is 48.5 Å². The van der Waals surface area contributed by atoms with Gasteiger partial charge in [0.25, 0.3) is 23.6 Å². The fourth-order valence-electron chi connectivity index (χ4n) is 8.45. The normalized spacial score (nSPS) is 13.0. The van der Waals surface area contributed by atoms with Gasteiger partial charge >= 0.3 is 5.97 Å². The lowest BCUT2D eigenvalue weighted by Crippen LogP contribution is -2.43. The van der Waals surface area contributed by atoms with Gasteiger partial charge in [0, 0.05) is 75.7 Å². The number of amides is 4. The number of rotatable bonds is 23. The Bertz CT molecular complexity index is 3000. The van der Waals surface area contributed by atoms with Crippen molar-refractivity contribution >= 4 is 74.5 Å². The zero-order valence-electron chi connectivity index (χ0n) is 40.0. The van der Waals surface area contributed by atoms with E-state index in [9.17, 15) is 48.3 Å². The molecule has 7 N–H and O–H groups in total. The van der Waals surface area contributed by atoms with Crippen molar-refractivity contribution in [2.75, 3.05) is 0 Å². The van der Waals surface area contributed by atoms with E-state index in [-0.39, 0.29) is 84.0 Å². The number of Topliss-reactive ketones (excluding diaryl/α,β-unsaturated/α-hetero) is 4. The highest BCUT2D eigenvalue weighted by Gasteiger charge is 2.27. The highest BCUT2D eigenvalue weighted by Crippen LogP contribution is 2.23. The van der Waals surface area contributed by atoms with Crippen LogP contribution in [0.3, 0.4) is 0 Å². The Hall–Kier alpha value is -8.01. The molecule has 2 heterocycles. The van der Waals surface area contributed by atoms with Crippen molar-refractivity contribution in [2.45, 2.75) is 104 Å². The van der Waals surface area contributed by atoms with Crippen molar-refractivity contribution in [2.24, 2.45) is 5.92 Å². The van der Waals surface area contributed by atoms with Crippen LogP contribution in [0.2, 0.25) is 0 Å². The lowest BCUT2D eigenvalue weighted by Gasteiger charge is -2.20. The van der Waals surface area contributed by atoms with Crippen LogP contribution in [0.1, 0.15) is 118 Å². The maximum absolute atomic E-state index is 14.1. The van der Waals surface area contributed by atoms with Crippen LogP contribution in [-0.4, -0.2) is 92.0 Å². The largest absolute Gasteiger partial charge is 0.481 e. The molecular formula is C54H58N6O10. The van der Waals surface area contributed by atoms with E-state index in [0.29, 0.717) is 11.1 Å². The van der Waals surface area contributed by atoms with E-state index in [0.717, 1.165) is 32.9 Å². The van der Waals surface area contributed by atoms with Gasteiger partial charge in [0.15, 0.2) is 23.1 Å². The standard InChI is InChI=1S/C54H58N6O10/c1-29(2)50(33(6)64)60-54(70)39-22-35(21-38(24-39)53(69)59-48(32(5)63)26-41-28-56-46-14-10-8-12-43(41)46)16-15-34-19-36(51(67)57-44(30(3)61)17-18-49(65)66)23-37(20-34)52(68)58-47(31(4)62)25-40-27-55-45-13-9-7-11-42(40)45/h7-14,19-24,27-29,44,47-48,50,55-56H,15-18,25-26H2,1-6H3,(H,57,67)(H,58,68)(H,59,69)(H,60,70)(H,65,66). The Morgan fingerprint density at radius 1 is 0.500 bits per heavy atom. The van der Waals surface area contributed by atoms with Gasteiger partial charge in [-0.1, -0.05) is 50.2 Å². The topological polar surface area (TPSA) is 254 Å². The number of para-hydroxylation sites is 2. The Morgan fingerprint density at radius 3 is 1.23 bits per heavy atom. The molecular weight excluding hydrogens is 893 g/mol. The van der Waals surface area contributed by atoms with E-state index in [2.05, 4.69) is 31.2 Å². The number of aromatic amines is 2. The van der Waals surface area contributed by atoms with Crippen LogP contribution in [0.15, 0.2) is 97.3 Å². The molecule has 2 aromatic heterocycles. The quantitative estimate of drug-likeness (QED) is 0.0383. The predicted molar refractivity (Wildman–Crippen MR) is 264 cm³/mol. The maximum Gasteiger partial charge on any atom is 0.303 e. The number of aliphatic carboxylic acids is 1. The summed E-state index contributed by atoms with van der Waals surface area (Å²) >= 11 is 0. The molecule has 4 unspecified atom stereocenters. The van der Waals surface area contributed by atoms with E-state index in [4.69, 9.17) is 0 Å². The molecule has 6 aromatic rings. The van der Waals surface area contributed by atoms with Gasteiger partial charge < -0.3 is 36.3 Å². The number of ketones is 4. The SMILES string of the molecule is CC(=O)C(CCC(=O)O)NC(=O)c1cc(CCc2cc(C(=O)NC(Cc3c[nH]c4ccccc34)C(C)=O)cc(C(=O)NC(C(C)=O)C(C)C)c2)cc(C(=O)NC(Cc2c[nH]c3ccccc23)C(C)=O)c1. The molecule has 0 aliphatic carbocycles. The summed E-state index contributed by atoms with van der Waals surface area (Å²) in [6.45, 7) is 8.93. The van der Waals surface area contributed by atoms with Crippen LogP contribution in [-0.2, 0) is 49.7 Å². The fourth-order valence-corrected chi connectivity index (χ4v) is 8.45. The second kappa shape index (κ2) is 22.9. The molecule has 70 heavy (non-hydrogen) atoms. The summed E-state index contributed by atoms with van der Waals surface area (Å²) in [5.74, 6) is -5.38. The van der Waals surface area contributed by atoms with Crippen LogP contribution in [0, 0.1) is 5.92 Å². The van der Waals surface area contributed by atoms with Crippen LogP contribution in [0.4, 0.5) is 0 Å². The molecule has 364 valence electrons. The number of H-pyrrole nitrogens is 2. The number of carbonyl (C=O) groups excluding carboxylic acids is 8. The molecule has 4 amide bonds. The first-order valence-electron chi connectivity index (χ1n) is 23.1. The molecule has 4 aromatic carbocycles. The number of nitrogens with one attached hydrogen (secondary N) is 6. The minimum atomic E-state index is -1.15. The third-order valence-corrected chi connectivity index (χ3v) is 12.4. The molecule has 4 atom stereocenters. The summed E-state index contributed by atoms with van der Waals surface area (Å²) in [5, 5.41) is 22.1. The highest BCUT2D eigenvalue weighted by atomic mass is 16.4. The zero-order valence-corrected chi connectivity index (χ0v) is 40.0. The monoisotopic (exact) mass is 950 g/mol. The van der Waals surface area contributed by atoms with Crippen molar-refractivity contribution in [1.82, 2.24) is 31.2 Å². The smallest absolute Gasteiger partial charge is 0.303 e. The van der Waals surface area contributed by atoms with Crippen molar-refractivity contribution in [3.8, 4) is 0 Å². The predicted octanol–water partition coefficient (Wildman–Crippen LogP) is 6.19.